The number of hydrazine groups is 1. The summed E-state index contributed by atoms with van der Waals surface area (Å²) < 4.78 is 13.7. The predicted octanol–water partition coefficient (Wildman–Crippen LogP) is 6.68. The van der Waals surface area contributed by atoms with E-state index >= 15 is 0 Å². The highest BCUT2D eigenvalue weighted by Gasteiger charge is 2.31. The Kier molecular flexibility index (Phi) is 10.9. The summed E-state index contributed by atoms with van der Waals surface area (Å²) in [5.74, 6) is 3.13. The van der Waals surface area contributed by atoms with Gasteiger partial charge in [0.2, 0.25) is 5.91 Å². The first kappa shape index (κ1) is 35.5. The van der Waals surface area contributed by atoms with Crippen LogP contribution in [0.25, 0.3) is 45.1 Å². The molecule has 1 amide bonds. The van der Waals surface area contributed by atoms with Crippen LogP contribution in [-0.4, -0.2) is 90.7 Å². The van der Waals surface area contributed by atoms with Crippen molar-refractivity contribution in [2.24, 2.45) is 5.92 Å². The van der Waals surface area contributed by atoms with Crippen LogP contribution in [0, 0.1) is 5.92 Å². The van der Waals surface area contributed by atoms with Crippen LogP contribution < -0.4 is 20.1 Å². The van der Waals surface area contributed by atoms with E-state index in [1.54, 1.807) is 24.2 Å². The molecule has 0 spiro atoms. The minimum Gasteiger partial charge on any atom is -0.492 e. The summed E-state index contributed by atoms with van der Waals surface area (Å²) in [5, 5.41) is 13.3. The van der Waals surface area contributed by atoms with Crippen molar-refractivity contribution >= 4 is 71.9 Å². The number of nitrogens with one attached hydrogen (secondary N) is 4. The molecular formula is C37H36Br2N10O3S. The van der Waals surface area contributed by atoms with E-state index in [4.69, 9.17) is 9.47 Å². The first-order chi connectivity index (χ1) is 25.9. The second kappa shape index (κ2) is 16.3. The van der Waals surface area contributed by atoms with E-state index in [0.29, 0.717) is 26.3 Å². The number of carbonyl (C=O) groups excluding carboxylic acids is 1. The van der Waals surface area contributed by atoms with E-state index in [9.17, 15) is 4.79 Å². The zero-order valence-corrected chi connectivity index (χ0v) is 32.5. The lowest BCUT2D eigenvalue weighted by molar-refractivity contribution is -0.128. The normalized spacial score (nSPS) is 16.5. The summed E-state index contributed by atoms with van der Waals surface area (Å²) in [6, 6.07) is 19.5. The van der Waals surface area contributed by atoms with Gasteiger partial charge in [-0.3, -0.25) is 15.1 Å². The van der Waals surface area contributed by atoms with E-state index in [1.165, 1.54) is 0 Å². The summed E-state index contributed by atoms with van der Waals surface area (Å²) in [6.45, 7) is 3.68. The van der Waals surface area contributed by atoms with Gasteiger partial charge in [-0.15, -0.1) is 0 Å². The summed E-state index contributed by atoms with van der Waals surface area (Å²) in [4.78, 5) is 37.5. The highest BCUT2D eigenvalue weighted by Crippen LogP contribution is 2.29. The third-order valence-electron chi connectivity index (χ3n) is 9.05. The molecule has 0 bridgehead atoms. The Morgan fingerprint density at radius 2 is 1.36 bits per heavy atom. The molecule has 16 heteroatoms. The highest BCUT2D eigenvalue weighted by atomic mass is 79.9. The Bertz CT molecular complexity index is 2220. The van der Waals surface area contributed by atoms with Crippen molar-refractivity contribution in [2.45, 2.75) is 18.3 Å². The number of H-pyrrole nitrogens is 2. The van der Waals surface area contributed by atoms with Gasteiger partial charge in [0.1, 0.15) is 52.9 Å². The predicted molar refractivity (Wildman–Crippen MR) is 213 cm³/mol. The van der Waals surface area contributed by atoms with E-state index < -0.39 is 0 Å². The van der Waals surface area contributed by atoms with Gasteiger partial charge in [-0.25, -0.2) is 24.9 Å². The molecule has 2 aromatic carbocycles. The average molecular weight is 861 g/mol. The SMILES string of the molecule is O=C(NCCOc1ccc(-c2nc3cc(Br)cnc3[nH]2)cc1)C1CCN(N2C=CSC2NCCOc2ccc(-c3nc4cc(Br)cnc4[nH]3)cc2)CC1. The van der Waals surface area contributed by atoms with Crippen molar-refractivity contribution in [3.8, 4) is 34.3 Å². The highest BCUT2D eigenvalue weighted by molar-refractivity contribution is 9.10. The number of thioether (sulfide) groups is 1. The topological polar surface area (TPSA) is 149 Å². The van der Waals surface area contributed by atoms with Crippen LogP contribution >= 0.6 is 43.6 Å². The summed E-state index contributed by atoms with van der Waals surface area (Å²) in [7, 11) is 0. The van der Waals surface area contributed by atoms with Gasteiger partial charge in [0.15, 0.2) is 11.3 Å². The van der Waals surface area contributed by atoms with Crippen molar-refractivity contribution in [2.75, 3.05) is 39.4 Å². The molecule has 1 unspecified atom stereocenters. The Morgan fingerprint density at radius 1 is 0.811 bits per heavy atom. The van der Waals surface area contributed by atoms with Crippen molar-refractivity contribution in [3.05, 3.63) is 93.6 Å². The monoisotopic (exact) mass is 858 g/mol. The number of hydrogen-bond donors (Lipinski definition) is 4. The number of aromatic nitrogens is 6. The zero-order valence-electron chi connectivity index (χ0n) is 28.5. The van der Waals surface area contributed by atoms with Gasteiger partial charge in [-0.2, -0.15) is 0 Å². The molecule has 1 saturated heterocycles. The number of carbonyl (C=O) groups is 1. The van der Waals surface area contributed by atoms with Crippen molar-refractivity contribution in [1.29, 1.82) is 0 Å². The largest absolute Gasteiger partial charge is 0.492 e. The van der Waals surface area contributed by atoms with E-state index in [2.05, 4.69) is 94.0 Å². The molecule has 0 saturated carbocycles. The first-order valence-corrected chi connectivity index (χ1v) is 19.8. The van der Waals surface area contributed by atoms with Crippen LogP contribution in [0.15, 0.2) is 93.6 Å². The number of nitrogens with zero attached hydrogens (tertiary/aromatic N) is 6. The lowest BCUT2D eigenvalue weighted by atomic mass is 9.97. The summed E-state index contributed by atoms with van der Waals surface area (Å²) >= 11 is 8.61. The molecule has 8 rings (SSSR count). The number of halogens is 2. The Morgan fingerprint density at radius 3 is 1.92 bits per heavy atom. The molecule has 1 fully saturated rings. The molecular weight excluding hydrogens is 824 g/mol. The van der Waals surface area contributed by atoms with Crippen LogP contribution in [0.3, 0.4) is 0 Å². The fourth-order valence-electron chi connectivity index (χ4n) is 6.33. The smallest absolute Gasteiger partial charge is 0.223 e. The molecule has 6 aromatic rings. The maximum absolute atomic E-state index is 13.0. The molecule has 4 N–H and O–H groups in total. The molecule has 13 nitrogen and oxygen atoms in total. The fourth-order valence-corrected chi connectivity index (χ4v) is 7.85. The number of ether oxygens (including phenoxy) is 2. The van der Waals surface area contributed by atoms with Crippen LogP contribution in [0.4, 0.5) is 0 Å². The second-order valence-corrected chi connectivity index (χ2v) is 15.4. The number of aromatic amines is 2. The van der Waals surface area contributed by atoms with E-state index in [-0.39, 0.29) is 17.3 Å². The first-order valence-electron chi connectivity index (χ1n) is 17.3. The average Bonchev–Trinajstić information content (AvgIpc) is 3.94. The number of fused-ring (bicyclic) bond motifs is 2. The second-order valence-electron chi connectivity index (χ2n) is 12.6. The number of imidazole rings is 2. The molecule has 53 heavy (non-hydrogen) atoms. The van der Waals surface area contributed by atoms with Gasteiger partial charge in [-0.1, -0.05) is 11.8 Å². The molecule has 1 atom stereocenters. The molecule has 2 aliphatic rings. The summed E-state index contributed by atoms with van der Waals surface area (Å²) in [6.07, 6.45) is 7.19. The van der Waals surface area contributed by atoms with Crippen LogP contribution in [0.2, 0.25) is 0 Å². The Hall–Kier alpha value is -4.48. The number of rotatable bonds is 13. The minimum absolute atomic E-state index is 0.0134. The lowest BCUT2D eigenvalue weighted by Crippen LogP contribution is -2.52. The van der Waals surface area contributed by atoms with Gasteiger partial charge in [0.05, 0.1) is 6.54 Å². The third kappa shape index (κ3) is 8.52. The Labute approximate surface area is 326 Å². The van der Waals surface area contributed by atoms with Gasteiger partial charge < -0.3 is 24.8 Å². The van der Waals surface area contributed by atoms with Crippen molar-refractivity contribution < 1.29 is 14.3 Å². The van der Waals surface area contributed by atoms with Crippen molar-refractivity contribution in [1.82, 2.24) is 50.6 Å². The van der Waals surface area contributed by atoms with Gasteiger partial charge in [0.25, 0.3) is 0 Å². The van der Waals surface area contributed by atoms with Crippen LogP contribution in [-0.2, 0) is 4.79 Å². The standard InChI is InChI=1S/C37H36Br2N10O3S/c38-26-19-30-34(42-21-26)46-32(44-30)23-1-5-28(6-2-23)51-16-11-40-36(50)25-9-13-48(14-10-25)49-15-18-53-37(49)41-12-17-52-29-7-3-24(4-8-29)33-45-31-20-27(39)22-43-35(31)47-33/h1-8,15,18-22,25,37,41H,9-14,16-17H2,(H,40,50)(H,42,44,46)(H,43,45,47). The van der Waals surface area contributed by atoms with Gasteiger partial charge in [0, 0.05) is 64.2 Å². The minimum atomic E-state index is -0.0134. The molecule has 4 aromatic heterocycles. The summed E-state index contributed by atoms with van der Waals surface area (Å²) in [5.41, 5.74) is 5.09. The maximum Gasteiger partial charge on any atom is 0.223 e. The molecule has 2 aliphatic heterocycles. The van der Waals surface area contributed by atoms with Gasteiger partial charge in [-0.05, 0) is 111 Å². The molecule has 6 heterocycles. The molecule has 272 valence electrons. The number of piperidine rings is 1. The number of hydrogen-bond acceptors (Lipinski definition) is 11. The maximum atomic E-state index is 13.0. The molecule has 0 aliphatic carbocycles. The quantitative estimate of drug-likeness (QED) is 0.0922. The number of amides is 1. The van der Waals surface area contributed by atoms with Crippen LogP contribution in [0.5, 0.6) is 11.5 Å². The lowest BCUT2D eigenvalue weighted by Gasteiger charge is -2.40. The van der Waals surface area contributed by atoms with E-state index in [0.717, 1.165) is 91.5 Å². The number of benzene rings is 2. The van der Waals surface area contributed by atoms with E-state index in [1.807, 2.05) is 60.7 Å². The number of pyridine rings is 2. The third-order valence-corrected chi connectivity index (χ3v) is 10.8. The van der Waals surface area contributed by atoms with Gasteiger partial charge >= 0.3 is 0 Å². The van der Waals surface area contributed by atoms with Crippen LogP contribution in [0.1, 0.15) is 12.8 Å². The molecule has 0 radical (unpaired) electrons. The fraction of sp³-hybridized carbons (Fsp3) is 0.270. The Balaban J connectivity index is 0.723. The zero-order chi connectivity index (χ0) is 36.1. The van der Waals surface area contributed by atoms with Crippen molar-refractivity contribution in [3.63, 3.8) is 0 Å².